The summed E-state index contributed by atoms with van der Waals surface area (Å²) in [4.78, 5) is 42.6. The number of carbonyl (C=O) groups is 2. The minimum atomic E-state index is -1.65. The van der Waals surface area contributed by atoms with E-state index >= 15 is 0 Å². The molecule has 4 rings (SSSR count). The van der Waals surface area contributed by atoms with Gasteiger partial charge in [0.15, 0.2) is 11.0 Å². The number of benzene rings is 2. The zero-order chi connectivity index (χ0) is 22.0. The van der Waals surface area contributed by atoms with Crippen LogP contribution in [0.1, 0.15) is 32.4 Å². The van der Waals surface area contributed by atoms with Gasteiger partial charge in [0, 0.05) is 29.3 Å². The molecule has 0 radical (unpaired) electrons. The summed E-state index contributed by atoms with van der Waals surface area (Å²) in [6, 6.07) is 13.3. The van der Waals surface area contributed by atoms with Crippen LogP contribution in [0, 0.1) is 5.82 Å². The van der Waals surface area contributed by atoms with E-state index in [0.717, 1.165) is 22.7 Å². The lowest BCUT2D eigenvalue weighted by atomic mass is 10.1. The maximum absolute atomic E-state index is 14.0. The van der Waals surface area contributed by atoms with Crippen molar-refractivity contribution in [1.29, 1.82) is 0 Å². The number of thiazole rings is 1. The fourth-order valence-corrected chi connectivity index (χ4v) is 4.13. The maximum Gasteiger partial charge on any atom is 0.331 e. The minimum Gasteiger partial charge on any atom is -0.479 e. The second kappa shape index (κ2) is 8.49. The van der Waals surface area contributed by atoms with Crippen molar-refractivity contribution < 1.29 is 19.1 Å². The SMILES string of the molecule is O=C(NC(C(=O)O)c1ccccc1F)c1cnc2sc(Cc3ccccc3)cn2c1=O. The first-order chi connectivity index (χ1) is 14.9. The largest absolute Gasteiger partial charge is 0.479 e. The molecule has 0 bridgehead atoms. The van der Waals surface area contributed by atoms with Gasteiger partial charge < -0.3 is 10.4 Å². The lowest BCUT2D eigenvalue weighted by Gasteiger charge is -2.15. The van der Waals surface area contributed by atoms with Gasteiger partial charge in [0.1, 0.15) is 11.4 Å². The number of carbonyl (C=O) groups excluding carboxylic acids is 1. The lowest BCUT2D eigenvalue weighted by molar-refractivity contribution is -0.139. The normalized spacial score (nSPS) is 11.9. The number of nitrogens with one attached hydrogen (secondary N) is 1. The first kappa shape index (κ1) is 20.4. The van der Waals surface area contributed by atoms with E-state index < -0.39 is 29.3 Å². The summed E-state index contributed by atoms with van der Waals surface area (Å²) < 4.78 is 15.3. The highest BCUT2D eigenvalue weighted by atomic mass is 32.1. The highest BCUT2D eigenvalue weighted by molar-refractivity contribution is 7.17. The van der Waals surface area contributed by atoms with Crippen LogP contribution in [-0.2, 0) is 11.2 Å². The smallest absolute Gasteiger partial charge is 0.331 e. The summed E-state index contributed by atoms with van der Waals surface area (Å²) in [5, 5.41) is 11.7. The molecule has 2 aromatic carbocycles. The Bertz CT molecular complexity index is 1330. The van der Waals surface area contributed by atoms with Crippen molar-refractivity contribution in [3.8, 4) is 0 Å². The Morgan fingerprint density at radius 1 is 1.13 bits per heavy atom. The van der Waals surface area contributed by atoms with Gasteiger partial charge in [-0.05, 0) is 11.6 Å². The third-order valence-electron chi connectivity index (χ3n) is 4.66. The molecule has 9 heteroatoms. The quantitative estimate of drug-likeness (QED) is 0.483. The average Bonchev–Trinajstić information content (AvgIpc) is 3.17. The van der Waals surface area contributed by atoms with Crippen molar-refractivity contribution in [1.82, 2.24) is 14.7 Å². The third kappa shape index (κ3) is 4.22. The number of aliphatic carboxylic acids is 1. The van der Waals surface area contributed by atoms with Crippen LogP contribution in [0.3, 0.4) is 0 Å². The van der Waals surface area contributed by atoms with Gasteiger partial charge in [-0.1, -0.05) is 48.5 Å². The van der Waals surface area contributed by atoms with Crippen molar-refractivity contribution in [2.75, 3.05) is 0 Å². The molecular formula is C22H16FN3O4S. The molecule has 7 nitrogen and oxygen atoms in total. The Kier molecular flexibility index (Phi) is 5.59. The lowest BCUT2D eigenvalue weighted by Crippen LogP contribution is -2.37. The molecule has 156 valence electrons. The number of amides is 1. The monoisotopic (exact) mass is 437 g/mol. The van der Waals surface area contributed by atoms with Gasteiger partial charge in [-0.3, -0.25) is 14.0 Å². The van der Waals surface area contributed by atoms with E-state index in [1.54, 1.807) is 6.20 Å². The van der Waals surface area contributed by atoms with E-state index in [-0.39, 0.29) is 11.1 Å². The Morgan fingerprint density at radius 2 is 1.84 bits per heavy atom. The number of carboxylic acids is 1. The van der Waals surface area contributed by atoms with Gasteiger partial charge in [-0.2, -0.15) is 0 Å². The highest BCUT2D eigenvalue weighted by Gasteiger charge is 2.27. The molecule has 0 saturated carbocycles. The summed E-state index contributed by atoms with van der Waals surface area (Å²) in [6.07, 6.45) is 3.32. The molecule has 0 aliphatic carbocycles. The van der Waals surface area contributed by atoms with Gasteiger partial charge in [-0.25, -0.2) is 14.2 Å². The van der Waals surface area contributed by atoms with Gasteiger partial charge >= 0.3 is 5.97 Å². The van der Waals surface area contributed by atoms with Crippen molar-refractivity contribution in [2.24, 2.45) is 0 Å². The number of hydrogen-bond donors (Lipinski definition) is 2. The first-order valence-corrected chi connectivity index (χ1v) is 10.1. The fraction of sp³-hybridized carbons (Fsp3) is 0.0909. The standard InChI is InChI=1S/C22H16FN3O4S/c23-17-9-5-4-8-15(17)18(21(29)30)25-19(27)16-11-24-22-26(20(16)28)12-14(31-22)10-13-6-2-1-3-7-13/h1-9,11-12,18H,10H2,(H,25,27)(H,29,30). The van der Waals surface area contributed by atoms with Crippen LogP contribution in [-0.4, -0.2) is 26.4 Å². The summed E-state index contributed by atoms with van der Waals surface area (Å²) >= 11 is 1.32. The van der Waals surface area contributed by atoms with Crippen LogP contribution in [0.4, 0.5) is 4.39 Å². The fourth-order valence-electron chi connectivity index (χ4n) is 3.16. The van der Waals surface area contributed by atoms with Gasteiger partial charge in [0.05, 0.1) is 0 Å². The predicted octanol–water partition coefficient (Wildman–Crippen LogP) is 3.04. The molecule has 2 aromatic heterocycles. The van der Waals surface area contributed by atoms with E-state index in [0.29, 0.717) is 11.4 Å². The topological polar surface area (TPSA) is 101 Å². The number of halogens is 1. The van der Waals surface area contributed by atoms with Crippen LogP contribution in [0.5, 0.6) is 0 Å². The van der Waals surface area contributed by atoms with Crippen LogP contribution in [0.25, 0.3) is 4.96 Å². The predicted molar refractivity (Wildman–Crippen MR) is 113 cm³/mol. The molecule has 0 aliphatic heterocycles. The zero-order valence-electron chi connectivity index (χ0n) is 16.0. The van der Waals surface area contributed by atoms with Crippen molar-refractivity contribution in [2.45, 2.75) is 12.5 Å². The number of nitrogens with zero attached hydrogens (tertiary/aromatic N) is 2. The molecule has 4 aromatic rings. The summed E-state index contributed by atoms with van der Waals surface area (Å²) in [6.45, 7) is 0. The van der Waals surface area contributed by atoms with E-state index in [1.165, 1.54) is 33.9 Å². The number of hydrogen-bond acceptors (Lipinski definition) is 5. The summed E-state index contributed by atoms with van der Waals surface area (Å²) in [7, 11) is 0. The Labute approximate surface area is 179 Å². The second-order valence-corrected chi connectivity index (χ2v) is 7.85. The van der Waals surface area contributed by atoms with Crippen LogP contribution < -0.4 is 10.9 Å². The average molecular weight is 437 g/mol. The van der Waals surface area contributed by atoms with Crippen LogP contribution >= 0.6 is 11.3 Å². The molecule has 0 saturated heterocycles. The maximum atomic E-state index is 14.0. The van der Waals surface area contributed by atoms with Crippen molar-refractivity contribution >= 4 is 28.2 Å². The first-order valence-electron chi connectivity index (χ1n) is 9.26. The summed E-state index contributed by atoms with van der Waals surface area (Å²) in [5.41, 5.74) is -0.104. The highest BCUT2D eigenvalue weighted by Crippen LogP contribution is 2.20. The van der Waals surface area contributed by atoms with Gasteiger partial charge in [-0.15, -0.1) is 11.3 Å². The number of rotatable bonds is 6. The molecule has 2 N–H and O–H groups in total. The Balaban J connectivity index is 1.63. The van der Waals surface area contributed by atoms with E-state index in [4.69, 9.17) is 0 Å². The van der Waals surface area contributed by atoms with Gasteiger partial charge in [0.25, 0.3) is 11.5 Å². The van der Waals surface area contributed by atoms with E-state index in [2.05, 4.69) is 10.3 Å². The molecule has 2 heterocycles. The molecule has 1 atom stereocenters. The Hall–Kier alpha value is -3.85. The number of carboxylic acid groups (broad SMARTS) is 1. The second-order valence-electron chi connectivity index (χ2n) is 6.76. The molecular weight excluding hydrogens is 421 g/mol. The van der Waals surface area contributed by atoms with Crippen molar-refractivity contribution in [3.05, 3.63) is 105 Å². The molecule has 0 spiro atoms. The molecule has 0 fully saturated rings. The minimum absolute atomic E-state index is 0.210. The molecule has 1 unspecified atom stereocenters. The molecule has 0 aliphatic rings. The van der Waals surface area contributed by atoms with Crippen molar-refractivity contribution in [3.63, 3.8) is 0 Å². The molecule has 1 amide bonds. The third-order valence-corrected chi connectivity index (χ3v) is 5.66. The zero-order valence-corrected chi connectivity index (χ0v) is 16.8. The van der Waals surface area contributed by atoms with E-state index in [1.807, 2.05) is 30.3 Å². The summed E-state index contributed by atoms with van der Waals surface area (Å²) in [5.74, 6) is -3.17. The van der Waals surface area contributed by atoms with Gasteiger partial charge in [0.2, 0.25) is 0 Å². The van der Waals surface area contributed by atoms with E-state index in [9.17, 15) is 23.9 Å². The van der Waals surface area contributed by atoms with Crippen LogP contribution in [0.2, 0.25) is 0 Å². The molecule has 31 heavy (non-hydrogen) atoms. The Morgan fingerprint density at radius 3 is 2.55 bits per heavy atom. The number of aromatic nitrogens is 2. The number of fused-ring (bicyclic) bond motifs is 1. The van der Waals surface area contributed by atoms with Crippen LogP contribution in [0.15, 0.2) is 71.8 Å².